The van der Waals surface area contributed by atoms with Crippen LogP contribution in [0.4, 0.5) is 5.13 Å². The number of aryl methyl sites for hydroxylation is 1. The van der Waals surface area contributed by atoms with Gasteiger partial charge in [0.15, 0.2) is 5.13 Å². The first-order valence-corrected chi connectivity index (χ1v) is 5.71. The van der Waals surface area contributed by atoms with Gasteiger partial charge in [-0.15, -0.1) is 11.3 Å². The van der Waals surface area contributed by atoms with E-state index in [1.54, 1.807) is 36.3 Å². The molecule has 0 unspecified atom stereocenters. The fraction of sp³-hybridized carbons (Fsp3) is 0.300. The second kappa shape index (κ2) is 4.44. The van der Waals surface area contributed by atoms with E-state index in [0.717, 1.165) is 4.88 Å². The summed E-state index contributed by atoms with van der Waals surface area (Å²) in [4.78, 5) is 17.0. The van der Waals surface area contributed by atoms with Crippen LogP contribution in [0.25, 0.3) is 0 Å². The number of nitrogens with zero attached hydrogens (tertiary/aromatic N) is 3. The first-order valence-electron chi connectivity index (χ1n) is 4.89. The zero-order valence-electron chi connectivity index (χ0n) is 9.04. The van der Waals surface area contributed by atoms with E-state index < -0.39 is 0 Å². The Morgan fingerprint density at radius 1 is 1.62 bits per heavy atom. The molecule has 5 nitrogen and oxygen atoms in total. The first-order chi connectivity index (χ1) is 7.66. The number of rotatable bonds is 3. The molecular formula is C10H12N4OS. The standard InChI is InChI=1S/C10H12N4OS/c1-7-6-11-10(16-7)13-9(15)8(2)14-5-3-4-12-14/h3-6,8H,1-2H3,(H,11,13,15)/t8-/m1/s1. The summed E-state index contributed by atoms with van der Waals surface area (Å²) in [6, 6.07) is 1.45. The normalized spacial score (nSPS) is 12.4. The van der Waals surface area contributed by atoms with Crippen LogP contribution in [-0.4, -0.2) is 20.7 Å². The highest BCUT2D eigenvalue weighted by Gasteiger charge is 2.15. The lowest BCUT2D eigenvalue weighted by atomic mass is 10.3. The molecule has 0 saturated heterocycles. The summed E-state index contributed by atoms with van der Waals surface area (Å²) < 4.78 is 1.61. The zero-order valence-corrected chi connectivity index (χ0v) is 9.86. The second-order valence-electron chi connectivity index (χ2n) is 3.43. The summed E-state index contributed by atoms with van der Waals surface area (Å²) in [6.07, 6.45) is 5.15. The quantitative estimate of drug-likeness (QED) is 0.884. The highest BCUT2D eigenvalue weighted by Crippen LogP contribution is 2.17. The molecule has 0 aliphatic carbocycles. The van der Waals surface area contributed by atoms with Crippen LogP contribution >= 0.6 is 11.3 Å². The van der Waals surface area contributed by atoms with E-state index >= 15 is 0 Å². The summed E-state index contributed by atoms with van der Waals surface area (Å²) in [5, 5.41) is 7.41. The van der Waals surface area contributed by atoms with Crippen LogP contribution < -0.4 is 5.32 Å². The van der Waals surface area contributed by atoms with Crippen LogP contribution in [0.2, 0.25) is 0 Å². The third-order valence-corrected chi connectivity index (χ3v) is 2.98. The molecule has 1 amide bonds. The third kappa shape index (κ3) is 2.27. The minimum absolute atomic E-state index is 0.113. The maximum absolute atomic E-state index is 11.8. The van der Waals surface area contributed by atoms with Gasteiger partial charge in [-0.2, -0.15) is 5.10 Å². The number of hydrogen-bond acceptors (Lipinski definition) is 4. The van der Waals surface area contributed by atoms with Gasteiger partial charge in [0.2, 0.25) is 0 Å². The minimum atomic E-state index is -0.334. The van der Waals surface area contributed by atoms with Gasteiger partial charge in [-0.05, 0) is 19.9 Å². The molecule has 0 spiro atoms. The maximum Gasteiger partial charge on any atom is 0.250 e. The molecule has 2 rings (SSSR count). The van der Waals surface area contributed by atoms with E-state index in [-0.39, 0.29) is 11.9 Å². The molecule has 2 aromatic rings. The molecule has 2 aromatic heterocycles. The number of thiazole rings is 1. The van der Waals surface area contributed by atoms with Gasteiger partial charge in [-0.1, -0.05) is 0 Å². The molecular weight excluding hydrogens is 224 g/mol. The van der Waals surface area contributed by atoms with Crippen molar-refractivity contribution < 1.29 is 4.79 Å². The summed E-state index contributed by atoms with van der Waals surface area (Å²) in [5.41, 5.74) is 0. The minimum Gasteiger partial charge on any atom is -0.300 e. The zero-order chi connectivity index (χ0) is 11.5. The predicted molar refractivity (Wildman–Crippen MR) is 62.4 cm³/mol. The van der Waals surface area contributed by atoms with Crippen LogP contribution in [0.1, 0.15) is 17.8 Å². The van der Waals surface area contributed by atoms with Crippen molar-refractivity contribution in [2.75, 3.05) is 5.32 Å². The average molecular weight is 236 g/mol. The molecule has 0 aliphatic rings. The van der Waals surface area contributed by atoms with Crippen molar-refractivity contribution in [1.82, 2.24) is 14.8 Å². The van der Waals surface area contributed by atoms with Gasteiger partial charge in [0.1, 0.15) is 6.04 Å². The Labute approximate surface area is 97.1 Å². The molecule has 0 bridgehead atoms. The Bertz CT molecular complexity index is 477. The predicted octanol–water partition coefficient (Wildman–Crippen LogP) is 1.85. The van der Waals surface area contributed by atoms with Crippen LogP contribution in [0, 0.1) is 6.92 Å². The topological polar surface area (TPSA) is 59.8 Å². The Hall–Kier alpha value is -1.69. The third-order valence-electron chi connectivity index (χ3n) is 2.15. The van der Waals surface area contributed by atoms with Crippen LogP contribution in [0.3, 0.4) is 0 Å². The number of anilines is 1. The number of nitrogens with one attached hydrogen (secondary N) is 1. The molecule has 0 fully saturated rings. The molecule has 16 heavy (non-hydrogen) atoms. The van der Waals surface area contributed by atoms with E-state index in [2.05, 4.69) is 15.4 Å². The van der Waals surface area contributed by atoms with Gasteiger partial charge in [-0.25, -0.2) is 4.98 Å². The molecule has 1 N–H and O–H groups in total. The Morgan fingerprint density at radius 2 is 2.44 bits per heavy atom. The lowest BCUT2D eigenvalue weighted by Crippen LogP contribution is -2.23. The molecule has 0 aromatic carbocycles. The number of carbonyl (C=O) groups is 1. The fourth-order valence-corrected chi connectivity index (χ4v) is 1.92. The number of hydrogen-bond donors (Lipinski definition) is 1. The largest absolute Gasteiger partial charge is 0.300 e. The molecule has 1 atom stereocenters. The van der Waals surface area contributed by atoms with Crippen molar-refractivity contribution in [3.8, 4) is 0 Å². The molecule has 0 aliphatic heterocycles. The molecule has 6 heteroatoms. The summed E-state index contributed by atoms with van der Waals surface area (Å²) in [6.45, 7) is 3.74. The Kier molecular flexibility index (Phi) is 3.00. The van der Waals surface area contributed by atoms with Gasteiger partial charge in [0.25, 0.3) is 5.91 Å². The lowest BCUT2D eigenvalue weighted by Gasteiger charge is -2.10. The van der Waals surface area contributed by atoms with E-state index in [4.69, 9.17) is 0 Å². The van der Waals surface area contributed by atoms with Gasteiger partial charge in [0.05, 0.1) is 0 Å². The van der Waals surface area contributed by atoms with Crippen molar-refractivity contribution >= 4 is 22.4 Å². The monoisotopic (exact) mass is 236 g/mol. The average Bonchev–Trinajstić information content (AvgIpc) is 2.88. The van der Waals surface area contributed by atoms with Crippen molar-refractivity contribution in [2.45, 2.75) is 19.9 Å². The highest BCUT2D eigenvalue weighted by atomic mass is 32.1. The number of aromatic nitrogens is 3. The van der Waals surface area contributed by atoms with E-state index in [1.165, 1.54) is 11.3 Å². The summed E-state index contributed by atoms with van der Waals surface area (Å²) >= 11 is 1.46. The number of carbonyl (C=O) groups excluding carboxylic acids is 1. The second-order valence-corrected chi connectivity index (χ2v) is 4.66. The highest BCUT2D eigenvalue weighted by molar-refractivity contribution is 7.15. The SMILES string of the molecule is Cc1cnc(NC(=O)[C@@H](C)n2cccn2)s1. The van der Waals surface area contributed by atoms with Gasteiger partial charge < -0.3 is 5.32 Å². The molecule has 0 radical (unpaired) electrons. The van der Waals surface area contributed by atoms with Crippen molar-refractivity contribution in [2.24, 2.45) is 0 Å². The summed E-state index contributed by atoms with van der Waals surface area (Å²) in [7, 11) is 0. The van der Waals surface area contributed by atoms with Crippen molar-refractivity contribution in [3.05, 3.63) is 29.5 Å². The van der Waals surface area contributed by atoms with Crippen LogP contribution in [0.5, 0.6) is 0 Å². The van der Waals surface area contributed by atoms with Gasteiger partial charge in [-0.3, -0.25) is 9.48 Å². The molecule has 84 valence electrons. The van der Waals surface area contributed by atoms with Crippen molar-refractivity contribution in [3.63, 3.8) is 0 Å². The van der Waals surface area contributed by atoms with Crippen LogP contribution in [0.15, 0.2) is 24.7 Å². The number of amides is 1. The van der Waals surface area contributed by atoms with E-state index in [1.807, 2.05) is 6.92 Å². The first kappa shape index (κ1) is 10.8. The maximum atomic E-state index is 11.8. The summed E-state index contributed by atoms with van der Waals surface area (Å²) in [5.74, 6) is -0.113. The Morgan fingerprint density at radius 3 is 3.00 bits per heavy atom. The van der Waals surface area contributed by atoms with Gasteiger partial charge in [0, 0.05) is 23.5 Å². The van der Waals surface area contributed by atoms with Crippen molar-refractivity contribution in [1.29, 1.82) is 0 Å². The van der Waals surface area contributed by atoms with Crippen LogP contribution in [-0.2, 0) is 4.79 Å². The van der Waals surface area contributed by atoms with E-state index in [0.29, 0.717) is 5.13 Å². The smallest absolute Gasteiger partial charge is 0.250 e. The lowest BCUT2D eigenvalue weighted by molar-refractivity contribution is -0.119. The fourth-order valence-electron chi connectivity index (χ4n) is 1.25. The molecule has 0 saturated carbocycles. The molecule has 2 heterocycles. The van der Waals surface area contributed by atoms with Gasteiger partial charge >= 0.3 is 0 Å². The van der Waals surface area contributed by atoms with E-state index in [9.17, 15) is 4.79 Å². The Balaban J connectivity index is 2.03.